The summed E-state index contributed by atoms with van der Waals surface area (Å²) in [6.07, 6.45) is 4.97. The minimum atomic E-state index is -0.919. The number of carbonyl (C=O) groups is 4. The highest BCUT2D eigenvalue weighted by atomic mass is 16.5. The number of benzene rings is 1. The molecule has 0 unspecified atom stereocenters. The second kappa shape index (κ2) is 10.8. The fourth-order valence-corrected chi connectivity index (χ4v) is 5.90. The molecule has 2 aromatic rings. The Bertz CT molecular complexity index is 1220. The molecular weight excluding hydrogens is 486 g/mol. The highest BCUT2D eigenvalue weighted by Crippen LogP contribution is 2.51. The van der Waals surface area contributed by atoms with E-state index in [-0.39, 0.29) is 48.9 Å². The molecule has 5 rings (SSSR count). The maximum atomic E-state index is 13.8. The molecule has 2 saturated heterocycles. The summed E-state index contributed by atoms with van der Waals surface area (Å²) in [7, 11) is 0. The zero-order valence-electron chi connectivity index (χ0n) is 21.6. The fourth-order valence-electron chi connectivity index (χ4n) is 5.90. The molecule has 0 radical (unpaired) electrons. The van der Waals surface area contributed by atoms with E-state index in [4.69, 9.17) is 9.15 Å². The maximum absolute atomic E-state index is 13.8. The van der Waals surface area contributed by atoms with E-state index in [1.54, 1.807) is 33.8 Å². The van der Waals surface area contributed by atoms with Gasteiger partial charge in [-0.3, -0.25) is 19.2 Å². The standard InChI is InChI=1S/C29H33N3O6/c1-2-37-28(36)29-12-6-11-24(29)32(20-21-8-4-3-5-9-21)26(34)22(19-29)18-25(33)30-13-15-31(16-14-30)27(35)23-10-7-17-38-23/h3-5,7-11,17,22H,2,6,12-16,18-20H2,1H3/t22-,29-/m0/s1. The van der Waals surface area contributed by atoms with E-state index < -0.39 is 11.3 Å². The number of rotatable bonds is 7. The number of carbonyl (C=O) groups excluding carboxylic acids is 4. The second-order valence-electron chi connectivity index (χ2n) is 10.1. The number of hydrogen-bond donors (Lipinski definition) is 0. The monoisotopic (exact) mass is 519 g/mol. The van der Waals surface area contributed by atoms with Gasteiger partial charge in [0.1, 0.15) is 5.41 Å². The Balaban J connectivity index is 1.31. The molecular formula is C29H33N3O6. The third kappa shape index (κ3) is 4.85. The summed E-state index contributed by atoms with van der Waals surface area (Å²) in [5.41, 5.74) is 0.743. The number of fused-ring (bicyclic) bond motifs is 1. The van der Waals surface area contributed by atoms with Crippen LogP contribution < -0.4 is 0 Å². The van der Waals surface area contributed by atoms with Crippen molar-refractivity contribution in [2.75, 3.05) is 32.8 Å². The average Bonchev–Trinajstić information content (AvgIpc) is 3.63. The summed E-state index contributed by atoms with van der Waals surface area (Å²) >= 11 is 0. The van der Waals surface area contributed by atoms with Crippen molar-refractivity contribution >= 4 is 23.7 Å². The first kappa shape index (κ1) is 25.8. The van der Waals surface area contributed by atoms with E-state index in [2.05, 4.69) is 0 Å². The maximum Gasteiger partial charge on any atom is 0.318 e. The average molecular weight is 520 g/mol. The number of esters is 1. The van der Waals surface area contributed by atoms with Gasteiger partial charge in [0.15, 0.2) is 5.76 Å². The van der Waals surface area contributed by atoms with E-state index >= 15 is 0 Å². The molecule has 1 aliphatic carbocycles. The molecule has 9 heteroatoms. The van der Waals surface area contributed by atoms with E-state index in [1.165, 1.54) is 6.26 Å². The van der Waals surface area contributed by atoms with Gasteiger partial charge in [0.2, 0.25) is 11.8 Å². The van der Waals surface area contributed by atoms with Gasteiger partial charge in [-0.05, 0) is 43.9 Å². The molecule has 3 amide bonds. The van der Waals surface area contributed by atoms with E-state index in [9.17, 15) is 19.2 Å². The normalized spacial score (nSPS) is 23.2. The van der Waals surface area contributed by atoms with Crippen molar-refractivity contribution in [3.05, 3.63) is 71.8 Å². The van der Waals surface area contributed by atoms with E-state index in [0.717, 1.165) is 5.56 Å². The summed E-state index contributed by atoms with van der Waals surface area (Å²) in [5.74, 6) is -1.15. The minimum absolute atomic E-state index is 0.0185. The van der Waals surface area contributed by atoms with Gasteiger partial charge < -0.3 is 23.9 Å². The molecule has 0 spiro atoms. The van der Waals surface area contributed by atoms with Gasteiger partial charge in [0.25, 0.3) is 5.91 Å². The highest BCUT2D eigenvalue weighted by Gasteiger charge is 2.55. The Hall–Kier alpha value is -3.88. The Labute approximate surface area is 222 Å². The van der Waals surface area contributed by atoms with Crippen molar-refractivity contribution in [3.63, 3.8) is 0 Å². The van der Waals surface area contributed by atoms with Gasteiger partial charge in [-0.2, -0.15) is 0 Å². The first-order valence-corrected chi connectivity index (χ1v) is 13.3. The molecule has 0 bridgehead atoms. The molecule has 1 aromatic heterocycles. The van der Waals surface area contributed by atoms with Crippen molar-refractivity contribution in [1.82, 2.24) is 14.7 Å². The van der Waals surface area contributed by atoms with Crippen molar-refractivity contribution in [2.24, 2.45) is 11.3 Å². The summed E-state index contributed by atoms with van der Waals surface area (Å²) in [6.45, 7) is 3.92. The first-order valence-electron chi connectivity index (χ1n) is 13.3. The van der Waals surface area contributed by atoms with E-state index in [1.807, 2.05) is 36.4 Å². The molecule has 3 aliphatic rings. The lowest BCUT2D eigenvalue weighted by Crippen LogP contribution is -2.54. The van der Waals surface area contributed by atoms with Crippen LogP contribution in [0.15, 0.2) is 64.9 Å². The third-order valence-electron chi connectivity index (χ3n) is 7.82. The molecule has 0 saturated carbocycles. The number of piperazine rings is 1. The number of hydrogen-bond acceptors (Lipinski definition) is 6. The number of allylic oxidation sites excluding steroid dienone is 1. The molecule has 9 nitrogen and oxygen atoms in total. The smallest absolute Gasteiger partial charge is 0.318 e. The molecule has 2 aliphatic heterocycles. The first-order chi connectivity index (χ1) is 18.4. The predicted octanol–water partition coefficient (Wildman–Crippen LogP) is 3.23. The summed E-state index contributed by atoms with van der Waals surface area (Å²) in [6, 6.07) is 13.0. The van der Waals surface area contributed by atoms with Gasteiger partial charge in [-0.25, -0.2) is 0 Å². The predicted molar refractivity (Wildman–Crippen MR) is 137 cm³/mol. The third-order valence-corrected chi connectivity index (χ3v) is 7.82. The van der Waals surface area contributed by atoms with Crippen LogP contribution in [0.3, 0.4) is 0 Å². The molecule has 3 heterocycles. The minimum Gasteiger partial charge on any atom is -0.465 e. The zero-order chi connectivity index (χ0) is 26.7. The highest BCUT2D eigenvalue weighted by molar-refractivity contribution is 5.93. The molecule has 200 valence electrons. The molecule has 1 aromatic carbocycles. The van der Waals surface area contributed by atoms with Crippen LogP contribution in [-0.2, 0) is 25.7 Å². The van der Waals surface area contributed by atoms with Crippen LogP contribution in [-0.4, -0.2) is 71.2 Å². The van der Waals surface area contributed by atoms with Gasteiger partial charge in [-0.1, -0.05) is 36.4 Å². The zero-order valence-corrected chi connectivity index (χ0v) is 21.6. The van der Waals surface area contributed by atoms with Crippen molar-refractivity contribution in [3.8, 4) is 0 Å². The number of likely N-dealkylation sites (tertiary alicyclic amines) is 1. The number of piperidine rings is 1. The Morgan fingerprint density at radius 1 is 1.03 bits per heavy atom. The second-order valence-corrected chi connectivity index (χ2v) is 10.1. The van der Waals surface area contributed by atoms with Crippen LogP contribution in [0, 0.1) is 11.3 Å². The van der Waals surface area contributed by atoms with Crippen LogP contribution in [0.2, 0.25) is 0 Å². The number of nitrogens with zero attached hydrogens (tertiary/aromatic N) is 3. The SMILES string of the molecule is CCOC(=O)[C@]12CCC=C1N(Cc1ccccc1)C(=O)[C@@H](CC(=O)N1CCN(C(=O)c3ccco3)CC1)C2. The van der Waals surface area contributed by atoms with Gasteiger partial charge >= 0.3 is 5.97 Å². The van der Waals surface area contributed by atoms with Crippen LogP contribution in [0.1, 0.15) is 48.7 Å². The van der Waals surface area contributed by atoms with Crippen molar-refractivity contribution in [1.29, 1.82) is 0 Å². The summed E-state index contributed by atoms with van der Waals surface area (Å²) in [4.78, 5) is 58.1. The summed E-state index contributed by atoms with van der Waals surface area (Å²) in [5, 5.41) is 0. The summed E-state index contributed by atoms with van der Waals surface area (Å²) < 4.78 is 10.7. The molecule has 38 heavy (non-hydrogen) atoms. The van der Waals surface area contributed by atoms with Crippen molar-refractivity contribution in [2.45, 2.75) is 39.2 Å². The lowest BCUT2D eigenvalue weighted by atomic mass is 9.71. The fraction of sp³-hybridized carbons (Fsp3) is 0.448. The van der Waals surface area contributed by atoms with Crippen molar-refractivity contribution < 1.29 is 28.3 Å². The largest absolute Gasteiger partial charge is 0.465 e. The van der Waals surface area contributed by atoms with Gasteiger partial charge in [-0.15, -0.1) is 0 Å². The molecule has 2 atom stereocenters. The topological polar surface area (TPSA) is 100 Å². The lowest BCUT2D eigenvalue weighted by Gasteiger charge is -2.44. The quantitative estimate of drug-likeness (QED) is 0.521. The Kier molecular flexibility index (Phi) is 7.35. The number of amides is 3. The van der Waals surface area contributed by atoms with Gasteiger partial charge in [0.05, 0.1) is 19.4 Å². The van der Waals surface area contributed by atoms with Crippen LogP contribution in [0.4, 0.5) is 0 Å². The van der Waals surface area contributed by atoms with Crippen LogP contribution in [0.5, 0.6) is 0 Å². The number of furan rings is 1. The van der Waals surface area contributed by atoms with Gasteiger partial charge in [0, 0.05) is 44.2 Å². The Morgan fingerprint density at radius 3 is 2.45 bits per heavy atom. The van der Waals surface area contributed by atoms with Crippen LogP contribution in [0.25, 0.3) is 0 Å². The number of ether oxygens (including phenoxy) is 1. The molecule has 0 N–H and O–H groups in total. The van der Waals surface area contributed by atoms with E-state index in [0.29, 0.717) is 51.3 Å². The lowest BCUT2D eigenvalue weighted by molar-refractivity contribution is -0.161. The van der Waals surface area contributed by atoms with Crippen LogP contribution >= 0.6 is 0 Å². The molecule has 2 fully saturated rings. The Morgan fingerprint density at radius 2 is 1.76 bits per heavy atom.